The van der Waals surface area contributed by atoms with Crippen LogP contribution in [0, 0.1) is 11.7 Å². The highest BCUT2D eigenvalue weighted by Gasteiger charge is 2.23. The van der Waals surface area contributed by atoms with Crippen LogP contribution in [0.1, 0.15) is 49.8 Å². The van der Waals surface area contributed by atoms with Gasteiger partial charge in [-0.05, 0) is 70.9 Å². The van der Waals surface area contributed by atoms with Gasteiger partial charge < -0.3 is 0 Å². The monoisotopic (exact) mass is 380 g/mol. The van der Waals surface area contributed by atoms with Crippen LogP contribution in [0.25, 0.3) is 17.2 Å². The molecule has 27 heavy (non-hydrogen) atoms. The molecule has 0 spiro atoms. The first-order valence-corrected chi connectivity index (χ1v) is 10.6. The Bertz CT molecular complexity index is 893. The van der Waals surface area contributed by atoms with E-state index >= 15 is 0 Å². The summed E-state index contributed by atoms with van der Waals surface area (Å²) in [5.41, 5.74) is 4.90. The fourth-order valence-corrected chi connectivity index (χ4v) is 3.89. The second-order valence-corrected chi connectivity index (χ2v) is 7.94. The maximum atomic E-state index is 13.9. The van der Waals surface area contributed by atoms with Crippen LogP contribution in [0.3, 0.4) is 0 Å². The van der Waals surface area contributed by atoms with Gasteiger partial charge in [0.15, 0.2) is 0 Å². The van der Waals surface area contributed by atoms with Gasteiger partial charge in [0.05, 0.1) is 0 Å². The van der Waals surface area contributed by atoms with Crippen molar-refractivity contribution in [3.63, 3.8) is 0 Å². The highest BCUT2D eigenvalue weighted by Crippen LogP contribution is 2.39. The maximum absolute atomic E-state index is 13.9. The smallest absolute Gasteiger partial charge is 0.140 e. The first-order valence-electron chi connectivity index (χ1n) is 9.41. The van der Waals surface area contributed by atoms with E-state index in [1.54, 1.807) is 17.8 Å². The average Bonchev–Trinajstić information content (AvgIpc) is 2.99. The number of thioether (sulfide) groups is 1. The van der Waals surface area contributed by atoms with Gasteiger partial charge in [-0.3, -0.25) is 4.79 Å². The Hall–Kier alpha value is -2.13. The largest absolute Gasteiger partial charge is 0.299 e. The standard InChI is InChI=1S/C24H25FOS/c1-4-5-16(2)24(26)14-19-13-18(22-11-8-20(25)15-23(19)22)12-17-6-9-21(27-3)10-7-17/h6-13,15-16H,4-5,14H2,1-3H3/b18-12+. The summed E-state index contributed by atoms with van der Waals surface area (Å²) < 4.78 is 13.9. The van der Waals surface area contributed by atoms with E-state index in [1.165, 1.54) is 11.0 Å². The number of rotatable bonds is 7. The molecule has 0 aromatic heterocycles. The summed E-state index contributed by atoms with van der Waals surface area (Å²) in [4.78, 5) is 13.8. The van der Waals surface area contributed by atoms with Gasteiger partial charge in [-0.2, -0.15) is 0 Å². The molecule has 1 aliphatic rings. The van der Waals surface area contributed by atoms with Crippen molar-refractivity contribution in [1.29, 1.82) is 0 Å². The van der Waals surface area contributed by atoms with E-state index in [0.717, 1.165) is 40.7 Å². The lowest BCUT2D eigenvalue weighted by molar-refractivity contribution is -0.121. The zero-order valence-corrected chi connectivity index (χ0v) is 16.9. The number of hydrogen-bond donors (Lipinski definition) is 0. The number of allylic oxidation sites excluding steroid dienone is 3. The topological polar surface area (TPSA) is 17.1 Å². The van der Waals surface area contributed by atoms with Gasteiger partial charge >= 0.3 is 0 Å². The van der Waals surface area contributed by atoms with Crippen LogP contribution in [0.5, 0.6) is 0 Å². The molecule has 1 nitrogen and oxygen atoms in total. The zero-order valence-electron chi connectivity index (χ0n) is 16.1. The van der Waals surface area contributed by atoms with Gasteiger partial charge in [0.25, 0.3) is 0 Å². The van der Waals surface area contributed by atoms with E-state index in [0.29, 0.717) is 6.42 Å². The summed E-state index contributed by atoms with van der Waals surface area (Å²) in [6.07, 6.45) is 8.46. The first kappa shape index (κ1) is 19.6. The predicted octanol–water partition coefficient (Wildman–Crippen LogP) is 6.88. The van der Waals surface area contributed by atoms with E-state index in [4.69, 9.17) is 0 Å². The summed E-state index contributed by atoms with van der Waals surface area (Å²) >= 11 is 1.71. The van der Waals surface area contributed by atoms with Crippen LogP contribution in [0.4, 0.5) is 4.39 Å². The van der Waals surface area contributed by atoms with Crippen LogP contribution in [0.2, 0.25) is 0 Å². The number of halogens is 1. The van der Waals surface area contributed by atoms with Crippen molar-refractivity contribution < 1.29 is 9.18 Å². The van der Waals surface area contributed by atoms with Gasteiger partial charge in [-0.15, -0.1) is 11.8 Å². The zero-order chi connectivity index (χ0) is 19.4. The molecule has 0 radical (unpaired) electrons. The minimum Gasteiger partial charge on any atom is -0.299 e. The lowest BCUT2D eigenvalue weighted by Crippen LogP contribution is -2.10. The Morgan fingerprint density at radius 1 is 1.15 bits per heavy atom. The molecule has 0 bridgehead atoms. The lowest BCUT2D eigenvalue weighted by Gasteiger charge is -2.10. The molecule has 2 aromatic carbocycles. The summed E-state index contributed by atoms with van der Waals surface area (Å²) in [5, 5.41) is 0. The Labute approximate surface area is 165 Å². The van der Waals surface area contributed by atoms with Crippen LogP contribution in [-0.2, 0) is 4.79 Å². The molecular formula is C24H25FOS. The molecule has 0 aliphatic heterocycles. The van der Waals surface area contributed by atoms with E-state index in [1.807, 2.05) is 19.1 Å². The summed E-state index contributed by atoms with van der Waals surface area (Å²) in [6.45, 7) is 4.07. The second kappa shape index (κ2) is 8.71. The third kappa shape index (κ3) is 4.59. The Morgan fingerprint density at radius 2 is 1.89 bits per heavy atom. The maximum Gasteiger partial charge on any atom is 0.140 e. The van der Waals surface area contributed by atoms with Crippen molar-refractivity contribution in [2.45, 2.75) is 38.0 Å². The molecule has 140 valence electrons. The average molecular weight is 381 g/mol. The van der Waals surface area contributed by atoms with E-state index in [-0.39, 0.29) is 17.5 Å². The Balaban J connectivity index is 1.94. The van der Waals surface area contributed by atoms with Crippen LogP contribution < -0.4 is 0 Å². The molecule has 2 aromatic rings. The molecule has 3 rings (SSSR count). The van der Waals surface area contributed by atoms with Crippen molar-refractivity contribution in [1.82, 2.24) is 0 Å². The summed E-state index contributed by atoms with van der Waals surface area (Å²) in [5.74, 6) is 0.00295. The van der Waals surface area contributed by atoms with E-state index in [9.17, 15) is 9.18 Å². The number of ketones is 1. The number of carbonyl (C=O) groups excluding carboxylic acids is 1. The van der Waals surface area contributed by atoms with Gasteiger partial charge in [0, 0.05) is 17.2 Å². The van der Waals surface area contributed by atoms with Gasteiger partial charge in [0.1, 0.15) is 11.6 Å². The van der Waals surface area contributed by atoms with E-state index < -0.39 is 0 Å². The summed E-state index contributed by atoms with van der Waals surface area (Å²) in [7, 11) is 0. The predicted molar refractivity (Wildman–Crippen MR) is 114 cm³/mol. The molecule has 0 fully saturated rings. The third-order valence-electron chi connectivity index (χ3n) is 5.04. The molecule has 0 N–H and O–H groups in total. The molecule has 0 amide bonds. The second-order valence-electron chi connectivity index (χ2n) is 7.07. The number of benzene rings is 2. The quantitative estimate of drug-likeness (QED) is 0.487. The molecule has 1 atom stereocenters. The molecule has 0 saturated heterocycles. The Kier molecular flexibility index (Phi) is 6.33. The number of carbonyl (C=O) groups is 1. The fourth-order valence-electron chi connectivity index (χ4n) is 3.48. The highest BCUT2D eigenvalue weighted by molar-refractivity contribution is 7.98. The molecular weight excluding hydrogens is 355 g/mol. The highest BCUT2D eigenvalue weighted by atomic mass is 32.2. The third-order valence-corrected chi connectivity index (χ3v) is 5.79. The first-order chi connectivity index (χ1) is 13.0. The molecule has 1 unspecified atom stereocenters. The van der Waals surface area contributed by atoms with Gasteiger partial charge in [-0.25, -0.2) is 4.39 Å². The van der Waals surface area contributed by atoms with Crippen molar-refractivity contribution >= 4 is 34.8 Å². The SMILES string of the molecule is CCCC(C)C(=O)CC1=C/C(=C\c2ccc(SC)cc2)c2ccc(F)cc21. The minimum atomic E-state index is -0.265. The van der Waals surface area contributed by atoms with E-state index in [2.05, 4.69) is 43.5 Å². The van der Waals surface area contributed by atoms with Crippen LogP contribution >= 0.6 is 11.8 Å². The number of hydrogen-bond acceptors (Lipinski definition) is 2. The Morgan fingerprint density at radius 3 is 2.56 bits per heavy atom. The van der Waals surface area contributed by atoms with Crippen LogP contribution in [-0.4, -0.2) is 12.0 Å². The van der Waals surface area contributed by atoms with Crippen molar-refractivity contribution in [2.75, 3.05) is 6.26 Å². The normalized spacial score (nSPS) is 15.6. The van der Waals surface area contributed by atoms with Crippen molar-refractivity contribution in [2.24, 2.45) is 5.92 Å². The number of fused-ring (bicyclic) bond motifs is 1. The minimum absolute atomic E-state index is 0.0417. The fraction of sp³-hybridized carbons (Fsp3) is 0.292. The number of Topliss-reactive ketones (excluding diaryl/α,β-unsaturated/α-hetero) is 1. The summed E-state index contributed by atoms with van der Waals surface area (Å²) in [6, 6.07) is 13.2. The molecule has 1 aliphatic carbocycles. The van der Waals surface area contributed by atoms with Crippen molar-refractivity contribution in [3.05, 3.63) is 71.0 Å². The van der Waals surface area contributed by atoms with Crippen molar-refractivity contribution in [3.8, 4) is 0 Å². The molecule has 0 saturated carbocycles. The van der Waals surface area contributed by atoms with Crippen LogP contribution in [0.15, 0.2) is 53.4 Å². The molecule has 0 heterocycles. The van der Waals surface area contributed by atoms with Gasteiger partial charge in [-0.1, -0.05) is 44.5 Å². The lowest BCUT2D eigenvalue weighted by atomic mass is 9.93. The van der Waals surface area contributed by atoms with Gasteiger partial charge in [0.2, 0.25) is 0 Å². The molecule has 3 heteroatoms.